The van der Waals surface area contributed by atoms with Crippen LogP contribution in [0.25, 0.3) is 0 Å². The fourth-order valence-electron chi connectivity index (χ4n) is 1.67. The maximum atomic E-state index is 4.34. The molecular formula is C11H20N2S. The van der Waals surface area contributed by atoms with Crippen LogP contribution in [0.4, 0.5) is 0 Å². The van der Waals surface area contributed by atoms with Gasteiger partial charge in [-0.3, -0.25) is 0 Å². The molecule has 1 aromatic rings. The molecule has 0 aliphatic carbocycles. The molecule has 0 bridgehead atoms. The first-order chi connectivity index (χ1) is 6.86. The summed E-state index contributed by atoms with van der Waals surface area (Å²) in [6.07, 6.45) is 3.69. The molecule has 1 rings (SSSR count). The van der Waals surface area contributed by atoms with Crippen LogP contribution >= 0.6 is 11.3 Å². The van der Waals surface area contributed by atoms with Gasteiger partial charge in [-0.15, -0.1) is 11.3 Å². The molecule has 1 heterocycles. The van der Waals surface area contributed by atoms with Crippen molar-refractivity contribution in [1.29, 1.82) is 0 Å². The normalized spacial score (nSPS) is 13.0. The van der Waals surface area contributed by atoms with Gasteiger partial charge in [-0.2, -0.15) is 0 Å². The molecule has 0 amide bonds. The standard InChI is InChI=1S/C11H20N2S/c1-3-5-10(7-12-4-2)6-11-8-14-9-13-11/h8-10,12H,3-7H2,1-2H3. The molecule has 0 aromatic carbocycles. The smallest absolute Gasteiger partial charge is 0.0794 e. The lowest BCUT2D eigenvalue weighted by Crippen LogP contribution is -2.24. The zero-order chi connectivity index (χ0) is 10.2. The Labute approximate surface area is 90.8 Å². The zero-order valence-electron chi connectivity index (χ0n) is 9.12. The predicted molar refractivity (Wildman–Crippen MR) is 62.8 cm³/mol. The largest absolute Gasteiger partial charge is 0.317 e. The van der Waals surface area contributed by atoms with E-state index in [9.17, 15) is 0 Å². The van der Waals surface area contributed by atoms with Crippen LogP contribution in [0.5, 0.6) is 0 Å². The van der Waals surface area contributed by atoms with E-state index in [0.29, 0.717) is 0 Å². The molecule has 14 heavy (non-hydrogen) atoms. The fourth-order valence-corrected chi connectivity index (χ4v) is 2.24. The van der Waals surface area contributed by atoms with Crippen LogP contribution < -0.4 is 5.32 Å². The summed E-state index contributed by atoms with van der Waals surface area (Å²) in [6, 6.07) is 0. The third-order valence-corrected chi connectivity index (χ3v) is 3.00. The summed E-state index contributed by atoms with van der Waals surface area (Å²) >= 11 is 1.69. The van der Waals surface area contributed by atoms with Crippen molar-refractivity contribution >= 4 is 11.3 Å². The van der Waals surface area contributed by atoms with E-state index >= 15 is 0 Å². The summed E-state index contributed by atoms with van der Waals surface area (Å²) in [5.74, 6) is 0.752. The summed E-state index contributed by atoms with van der Waals surface area (Å²) in [5.41, 5.74) is 3.18. The van der Waals surface area contributed by atoms with Crippen molar-refractivity contribution in [3.05, 3.63) is 16.6 Å². The van der Waals surface area contributed by atoms with Gasteiger partial charge in [-0.05, 0) is 31.8 Å². The first kappa shape index (κ1) is 11.7. The Hall–Kier alpha value is -0.410. The number of thiazole rings is 1. The zero-order valence-corrected chi connectivity index (χ0v) is 9.94. The second-order valence-corrected chi connectivity index (χ2v) is 4.36. The molecule has 80 valence electrons. The molecule has 0 saturated carbocycles. The topological polar surface area (TPSA) is 24.9 Å². The van der Waals surface area contributed by atoms with E-state index in [-0.39, 0.29) is 0 Å². The highest BCUT2D eigenvalue weighted by Crippen LogP contribution is 2.13. The Kier molecular flexibility index (Phi) is 5.80. The molecule has 0 aliphatic heterocycles. The Morgan fingerprint density at radius 2 is 2.36 bits per heavy atom. The summed E-state index contributed by atoms with van der Waals surface area (Å²) in [6.45, 7) is 6.60. The van der Waals surface area contributed by atoms with Crippen LogP contribution in [-0.4, -0.2) is 18.1 Å². The van der Waals surface area contributed by atoms with Crippen LogP contribution in [0.3, 0.4) is 0 Å². The number of aromatic nitrogens is 1. The molecule has 0 spiro atoms. The summed E-state index contributed by atoms with van der Waals surface area (Å²) in [5, 5.41) is 5.58. The highest BCUT2D eigenvalue weighted by Gasteiger charge is 2.09. The van der Waals surface area contributed by atoms with Crippen molar-refractivity contribution in [3.63, 3.8) is 0 Å². The Morgan fingerprint density at radius 1 is 1.50 bits per heavy atom. The van der Waals surface area contributed by atoms with Gasteiger partial charge in [0.25, 0.3) is 0 Å². The molecule has 0 aliphatic rings. The minimum absolute atomic E-state index is 0.752. The lowest BCUT2D eigenvalue weighted by atomic mass is 9.98. The lowest BCUT2D eigenvalue weighted by Gasteiger charge is -2.14. The average Bonchev–Trinajstić information content (AvgIpc) is 2.67. The van der Waals surface area contributed by atoms with Crippen molar-refractivity contribution in [1.82, 2.24) is 10.3 Å². The monoisotopic (exact) mass is 212 g/mol. The lowest BCUT2D eigenvalue weighted by molar-refractivity contribution is 0.441. The minimum atomic E-state index is 0.752. The van der Waals surface area contributed by atoms with Crippen molar-refractivity contribution < 1.29 is 0 Å². The molecule has 0 radical (unpaired) electrons. The maximum absolute atomic E-state index is 4.34. The van der Waals surface area contributed by atoms with Gasteiger partial charge in [0.1, 0.15) is 0 Å². The van der Waals surface area contributed by atoms with E-state index in [1.807, 2.05) is 5.51 Å². The van der Waals surface area contributed by atoms with Gasteiger partial charge in [0.15, 0.2) is 0 Å². The number of rotatable bonds is 7. The van der Waals surface area contributed by atoms with Crippen LogP contribution in [0.2, 0.25) is 0 Å². The van der Waals surface area contributed by atoms with Gasteiger partial charge in [0, 0.05) is 5.38 Å². The van der Waals surface area contributed by atoms with E-state index in [1.54, 1.807) is 11.3 Å². The molecule has 1 unspecified atom stereocenters. The third kappa shape index (κ3) is 4.20. The highest BCUT2D eigenvalue weighted by molar-refractivity contribution is 7.07. The molecule has 2 nitrogen and oxygen atoms in total. The SMILES string of the molecule is CCCC(CNCC)Cc1cscn1. The van der Waals surface area contributed by atoms with Gasteiger partial charge in [0.05, 0.1) is 11.2 Å². The fraction of sp³-hybridized carbons (Fsp3) is 0.727. The Bertz CT molecular complexity index is 221. The molecule has 1 aromatic heterocycles. The van der Waals surface area contributed by atoms with Gasteiger partial charge in [-0.1, -0.05) is 20.3 Å². The van der Waals surface area contributed by atoms with Crippen LogP contribution in [0.1, 0.15) is 32.4 Å². The van der Waals surface area contributed by atoms with E-state index < -0.39 is 0 Å². The van der Waals surface area contributed by atoms with Gasteiger partial charge >= 0.3 is 0 Å². The second kappa shape index (κ2) is 6.96. The van der Waals surface area contributed by atoms with Crippen molar-refractivity contribution in [2.45, 2.75) is 33.1 Å². The minimum Gasteiger partial charge on any atom is -0.317 e. The second-order valence-electron chi connectivity index (χ2n) is 3.65. The van der Waals surface area contributed by atoms with Crippen LogP contribution in [-0.2, 0) is 6.42 Å². The molecule has 0 saturated heterocycles. The van der Waals surface area contributed by atoms with E-state index in [4.69, 9.17) is 0 Å². The average molecular weight is 212 g/mol. The number of hydrogen-bond donors (Lipinski definition) is 1. The number of hydrogen-bond acceptors (Lipinski definition) is 3. The first-order valence-corrected chi connectivity index (χ1v) is 6.38. The van der Waals surface area contributed by atoms with Gasteiger partial charge in [0.2, 0.25) is 0 Å². The summed E-state index contributed by atoms with van der Waals surface area (Å²) in [4.78, 5) is 4.34. The molecule has 1 N–H and O–H groups in total. The van der Waals surface area contributed by atoms with E-state index in [0.717, 1.165) is 25.4 Å². The molecule has 1 atom stereocenters. The van der Waals surface area contributed by atoms with Crippen molar-refractivity contribution in [2.75, 3.05) is 13.1 Å². The van der Waals surface area contributed by atoms with Crippen molar-refractivity contribution in [3.8, 4) is 0 Å². The predicted octanol–water partition coefficient (Wildman–Crippen LogP) is 2.71. The van der Waals surface area contributed by atoms with Crippen LogP contribution in [0.15, 0.2) is 10.9 Å². The van der Waals surface area contributed by atoms with Crippen molar-refractivity contribution in [2.24, 2.45) is 5.92 Å². The third-order valence-electron chi connectivity index (χ3n) is 2.36. The Morgan fingerprint density at radius 3 is 2.93 bits per heavy atom. The maximum Gasteiger partial charge on any atom is 0.0794 e. The van der Waals surface area contributed by atoms with Gasteiger partial charge in [-0.25, -0.2) is 4.98 Å². The van der Waals surface area contributed by atoms with E-state index in [2.05, 4.69) is 29.5 Å². The first-order valence-electron chi connectivity index (χ1n) is 5.44. The number of nitrogens with zero attached hydrogens (tertiary/aromatic N) is 1. The molecule has 0 fully saturated rings. The quantitative estimate of drug-likeness (QED) is 0.751. The van der Waals surface area contributed by atoms with Gasteiger partial charge < -0.3 is 5.32 Å². The van der Waals surface area contributed by atoms with Crippen LogP contribution in [0, 0.1) is 5.92 Å². The molecular weight excluding hydrogens is 192 g/mol. The summed E-state index contributed by atoms with van der Waals surface area (Å²) < 4.78 is 0. The summed E-state index contributed by atoms with van der Waals surface area (Å²) in [7, 11) is 0. The Balaban J connectivity index is 2.34. The number of nitrogens with one attached hydrogen (secondary N) is 1. The van der Waals surface area contributed by atoms with E-state index in [1.165, 1.54) is 18.5 Å². The molecule has 3 heteroatoms. The highest BCUT2D eigenvalue weighted by atomic mass is 32.1.